The average Bonchev–Trinajstić information content (AvgIpc) is 1.97. The largest absolute Gasteiger partial charge is 0.328 e. The number of rotatable bonds is 1. The van der Waals surface area contributed by atoms with Crippen molar-refractivity contribution in [3.63, 3.8) is 0 Å². The molecule has 2 nitrogen and oxygen atoms in total. The number of alkyl halides is 2. The van der Waals surface area contributed by atoms with Crippen molar-refractivity contribution >= 4 is 22.6 Å². The zero-order valence-electron chi connectivity index (χ0n) is 6.20. The lowest BCUT2D eigenvalue weighted by Crippen LogP contribution is -2.13. The first-order valence-corrected chi connectivity index (χ1v) is 4.27. The Kier molecular flexibility index (Phi) is 2.81. The molecule has 0 bridgehead atoms. The number of aromatic amines is 1. The molecular weight excluding hydrogens is 279 g/mol. The number of pyridine rings is 1. The first-order chi connectivity index (χ1) is 5.54. The Bertz CT molecular complexity index is 348. The molecule has 0 unspecified atom stereocenters. The van der Waals surface area contributed by atoms with Crippen LogP contribution >= 0.6 is 22.6 Å². The van der Waals surface area contributed by atoms with Gasteiger partial charge in [-0.25, -0.2) is 8.78 Å². The van der Waals surface area contributed by atoms with Gasteiger partial charge in [0.05, 0.1) is 0 Å². The van der Waals surface area contributed by atoms with E-state index in [4.69, 9.17) is 0 Å². The van der Waals surface area contributed by atoms with Gasteiger partial charge in [0.1, 0.15) is 0 Å². The molecule has 1 rings (SSSR count). The lowest BCUT2D eigenvalue weighted by Gasteiger charge is -2.04. The van der Waals surface area contributed by atoms with Crippen molar-refractivity contribution in [2.24, 2.45) is 0 Å². The highest BCUT2D eigenvalue weighted by Gasteiger charge is 2.16. The Hall–Kier alpha value is -0.460. The summed E-state index contributed by atoms with van der Waals surface area (Å²) in [6.45, 7) is 1.39. The molecule has 0 aliphatic rings. The summed E-state index contributed by atoms with van der Waals surface area (Å²) in [5, 5.41) is 0. The smallest absolute Gasteiger partial charge is 0.265 e. The fourth-order valence-corrected chi connectivity index (χ4v) is 1.68. The molecule has 1 aromatic rings. The van der Waals surface area contributed by atoms with Crippen LogP contribution in [0.15, 0.2) is 11.0 Å². The highest BCUT2D eigenvalue weighted by molar-refractivity contribution is 14.1. The van der Waals surface area contributed by atoms with E-state index in [-0.39, 0.29) is 11.1 Å². The van der Waals surface area contributed by atoms with E-state index in [0.717, 1.165) is 0 Å². The van der Waals surface area contributed by atoms with Crippen LogP contribution < -0.4 is 5.56 Å². The van der Waals surface area contributed by atoms with Crippen molar-refractivity contribution < 1.29 is 8.78 Å². The second kappa shape index (κ2) is 3.51. The molecule has 12 heavy (non-hydrogen) atoms. The summed E-state index contributed by atoms with van der Waals surface area (Å²) in [6, 6.07) is 0. The highest BCUT2D eigenvalue weighted by Crippen LogP contribution is 2.24. The molecule has 1 N–H and O–H groups in total. The maximum atomic E-state index is 12.3. The molecule has 0 saturated carbocycles. The summed E-state index contributed by atoms with van der Waals surface area (Å²) < 4.78 is 25.0. The van der Waals surface area contributed by atoms with Crippen LogP contribution in [0, 0.1) is 10.5 Å². The molecule has 0 amide bonds. The van der Waals surface area contributed by atoms with Crippen molar-refractivity contribution in [3.8, 4) is 0 Å². The Labute approximate surface area is 81.1 Å². The number of hydrogen-bond acceptors (Lipinski definition) is 1. The van der Waals surface area contributed by atoms with Gasteiger partial charge in [-0.2, -0.15) is 0 Å². The first kappa shape index (κ1) is 9.63. The summed E-state index contributed by atoms with van der Waals surface area (Å²) in [6.07, 6.45) is -1.30. The molecule has 0 aliphatic carbocycles. The van der Waals surface area contributed by atoms with Gasteiger partial charge in [-0.05, 0) is 29.5 Å². The van der Waals surface area contributed by atoms with E-state index in [1.807, 2.05) is 0 Å². The number of hydrogen-bond donors (Lipinski definition) is 1. The van der Waals surface area contributed by atoms with Crippen molar-refractivity contribution in [3.05, 3.63) is 31.2 Å². The van der Waals surface area contributed by atoms with E-state index in [1.54, 1.807) is 22.6 Å². The normalized spacial score (nSPS) is 10.8. The van der Waals surface area contributed by atoms with E-state index in [0.29, 0.717) is 3.57 Å². The van der Waals surface area contributed by atoms with Crippen molar-refractivity contribution in [1.82, 2.24) is 4.98 Å². The summed E-state index contributed by atoms with van der Waals surface area (Å²) in [5.41, 5.74) is -0.526. The lowest BCUT2D eigenvalue weighted by molar-refractivity contribution is 0.149. The monoisotopic (exact) mass is 285 g/mol. The molecule has 0 saturated heterocycles. The molecule has 0 atom stereocenters. The molecule has 66 valence electrons. The van der Waals surface area contributed by atoms with Gasteiger partial charge in [-0.15, -0.1) is 0 Å². The third-order valence-corrected chi connectivity index (χ3v) is 2.44. The number of halogens is 3. The molecule has 0 aliphatic heterocycles. The molecule has 1 heterocycles. The van der Waals surface area contributed by atoms with Crippen LogP contribution in [-0.4, -0.2) is 4.98 Å². The second-order valence-corrected chi connectivity index (χ2v) is 3.47. The van der Waals surface area contributed by atoms with Crippen LogP contribution in [0.4, 0.5) is 8.78 Å². The number of aromatic nitrogens is 1. The molecule has 5 heteroatoms. The first-order valence-electron chi connectivity index (χ1n) is 3.20. The van der Waals surface area contributed by atoms with Gasteiger partial charge in [-0.3, -0.25) is 4.79 Å². The minimum absolute atomic E-state index is 0.0944. The minimum atomic E-state index is -2.58. The Morgan fingerprint density at radius 2 is 2.17 bits per heavy atom. The van der Waals surface area contributed by atoms with E-state index in [2.05, 4.69) is 4.98 Å². The molecule has 0 spiro atoms. The Balaban J connectivity index is 3.43. The number of nitrogens with one attached hydrogen (secondary N) is 1. The molecule has 1 aromatic heterocycles. The highest BCUT2D eigenvalue weighted by atomic mass is 127. The van der Waals surface area contributed by atoms with Crippen LogP contribution in [0.25, 0.3) is 0 Å². The predicted octanol–water partition coefficient (Wildman–Crippen LogP) is 2.23. The SMILES string of the molecule is Cc1c(C(F)F)c(I)c[nH]c1=O. The van der Waals surface area contributed by atoms with Crippen LogP contribution in [0.5, 0.6) is 0 Å². The van der Waals surface area contributed by atoms with Gasteiger partial charge in [0.2, 0.25) is 0 Å². The molecular formula is C7H6F2INO. The second-order valence-electron chi connectivity index (χ2n) is 2.31. The van der Waals surface area contributed by atoms with Crippen molar-refractivity contribution in [2.75, 3.05) is 0 Å². The Morgan fingerprint density at radius 3 is 2.58 bits per heavy atom. The molecule has 0 radical (unpaired) electrons. The Morgan fingerprint density at radius 1 is 1.58 bits per heavy atom. The minimum Gasteiger partial charge on any atom is -0.328 e. The lowest BCUT2D eigenvalue weighted by atomic mass is 10.2. The zero-order valence-corrected chi connectivity index (χ0v) is 8.35. The summed E-state index contributed by atoms with van der Waals surface area (Å²) in [7, 11) is 0. The molecule has 0 aromatic carbocycles. The fourth-order valence-electron chi connectivity index (χ4n) is 0.884. The van der Waals surface area contributed by atoms with Crippen LogP contribution in [0.1, 0.15) is 17.6 Å². The standard InChI is InChI=1S/C7H6F2INO/c1-3-5(6(8)9)4(10)2-11-7(3)12/h2,6H,1H3,(H,11,12). The quantitative estimate of drug-likeness (QED) is 0.788. The van der Waals surface area contributed by atoms with Crippen LogP contribution in [-0.2, 0) is 0 Å². The predicted molar refractivity (Wildman–Crippen MR) is 49.5 cm³/mol. The van der Waals surface area contributed by atoms with Gasteiger partial charge in [0.25, 0.3) is 12.0 Å². The summed E-state index contributed by atoms with van der Waals surface area (Å²) >= 11 is 1.77. The van der Waals surface area contributed by atoms with Crippen LogP contribution in [0.2, 0.25) is 0 Å². The average molecular weight is 285 g/mol. The van der Waals surface area contributed by atoms with E-state index in [1.165, 1.54) is 13.1 Å². The summed E-state index contributed by atoms with van der Waals surface area (Å²) in [4.78, 5) is 13.3. The van der Waals surface area contributed by atoms with Gasteiger partial charge in [0.15, 0.2) is 0 Å². The van der Waals surface area contributed by atoms with E-state index < -0.39 is 12.0 Å². The van der Waals surface area contributed by atoms with Gasteiger partial charge in [-0.1, -0.05) is 0 Å². The van der Waals surface area contributed by atoms with E-state index in [9.17, 15) is 13.6 Å². The van der Waals surface area contributed by atoms with Gasteiger partial charge >= 0.3 is 0 Å². The van der Waals surface area contributed by atoms with Crippen molar-refractivity contribution in [1.29, 1.82) is 0 Å². The number of H-pyrrole nitrogens is 1. The zero-order chi connectivity index (χ0) is 9.30. The topological polar surface area (TPSA) is 32.9 Å². The summed E-state index contributed by atoms with van der Waals surface area (Å²) in [5.74, 6) is 0. The molecule has 0 fully saturated rings. The third-order valence-electron chi connectivity index (χ3n) is 1.55. The third kappa shape index (κ3) is 1.65. The van der Waals surface area contributed by atoms with E-state index >= 15 is 0 Å². The van der Waals surface area contributed by atoms with Crippen molar-refractivity contribution in [2.45, 2.75) is 13.3 Å². The van der Waals surface area contributed by atoms with Gasteiger partial charge in [0, 0.05) is 20.9 Å². The maximum Gasteiger partial charge on any atom is 0.265 e. The maximum absolute atomic E-state index is 12.3. The van der Waals surface area contributed by atoms with Gasteiger partial charge < -0.3 is 4.98 Å². The fraction of sp³-hybridized carbons (Fsp3) is 0.286. The van der Waals surface area contributed by atoms with Crippen LogP contribution in [0.3, 0.4) is 0 Å².